The predicted octanol–water partition coefficient (Wildman–Crippen LogP) is 3.75. The van der Waals surface area contributed by atoms with Crippen LogP contribution in [0.3, 0.4) is 0 Å². The van der Waals surface area contributed by atoms with Crippen molar-refractivity contribution in [1.82, 2.24) is 9.47 Å². The second kappa shape index (κ2) is 5.89. The third-order valence-corrected chi connectivity index (χ3v) is 7.13. The van der Waals surface area contributed by atoms with Crippen LogP contribution in [0, 0.1) is 17.8 Å². The highest BCUT2D eigenvalue weighted by Crippen LogP contribution is 2.50. The number of aliphatic hydroxyl groups excluding tert-OH is 1. The van der Waals surface area contributed by atoms with E-state index in [4.69, 9.17) is 0 Å². The molecule has 1 fully saturated rings. The van der Waals surface area contributed by atoms with Gasteiger partial charge in [0.25, 0.3) is 0 Å². The fourth-order valence-electron chi connectivity index (χ4n) is 5.57. The van der Waals surface area contributed by atoms with E-state index in [9.17, 15) is 5.11 Å². The molecule has 3 nitrogen and oxygen atoms in total. The highest BCUT2D eigenvalue weighted by Gasteiger charge is 2.47. The first-order chi connectivity index (χ1) is 11.6. The summed E-state index contributed by atoms with van der Waals surface area (Å²) < 4.78 is 2.43. The average molecular weight is 326 g/mol. The summed E-state index contributed by atoms with van der Waals surface area (Å²) in [6.45, 7) is 4.98. The summed E-state index contributed by atoms with van der Waals surface area (Å²) in [5, 5.41) is 11.6. The molecule has 0 radical (unpaired) electrons. The van der Waals surface area contributed by atoms with E-state index < -0.39 is 0 Å². The van der Waals surface area contributed by atoms with Crippen molar-refractivity contribution in [3.8, 4) is 0 Å². The highest BCUT2D eigenvalue weighted by molar-refractivity contribution is 5.86. The monoisotopic (exact) mass is 326 g/mol. The molecule has 2 bridgehead atoms. The summed E-state index contributed by atoms with van der Waals surface area (Å²) in [4.78, 5) is 2.56. The molecule has 130 valence electrons. The zero-order valence-electron chi connectivity index (χ0n) is 15.4. The predicted molar refractivity (Wildman–Crippen MR) is 99.1 cm³/mol. The molecule has 0 unspecified atom stereocenters. The van der Waals surface area contributed by atoms with Gasteiger partial charge in [-0.3, -0.25) is 4.90 Å². The standard InChI is InChI=1S/C21H30N2O/c1-5-13(2)15-10-20-21-16(11-19(22(20)3)17(15)12-24)14-8-6-7-9-18(14)23(21)4/h6-9,13,15,17,19-20,24H,5,10-12H2,1-4H3/t13-,15-,17-,19-,20-/m0/s1. The van der Waals surface area contributed by atoms with Crippen LogP contribution in [-0.2, 0) is 13.5 Å². The summed E-state index contributed by atoms with van der Waals surface area (Å²) in [6.07, 6.45) is 3.44. The molecule has 1 aromatic carbocycles. The van der Waals surface area contributed by atoms with Gasteiger partial charge >= 0.3 is 0 Å². The molecule has 2 aromatic rings. The Morgan fingerprint density at radius 3 is 2.71 bits per heavy atom. The Morgan fingerprint density at radius 1 is 1.25 bits per heavy atom. The summed E-state index contributed by atoms with van der Waals surface area (Å²) in [7, 11) is 4.50. The normalized spacial score (nSPS) is 31.2. The molecule has 24 heavy (non-hydrogen) atoms. The van der Waals surface area contributed by atoms with E-state index >= 15 is 0 Å². The van der Waals surface area contributed by atoms with Crippen LogP contribution >= 0.6 is 0 Å². The summed E-state index contributed by atoms with van der Waals surface area (Å²) >= 11 is 0. The van der Waals surface area contributed by atoms with E-state index in [2.05, 4.69) is 61.7 Å². The van der Waals surface area contributed by atoms with E-state index in [0.717, 1.165) is 6.42 Å². The van der Waals surface area contributed by atoms with Crippen molar-refractivity contribution in [3.63, 3.8) is 0 Å². The van der Waals surface area contributed by atoms with Crippen molar-refractivity contribution in [2.45, 2.75) is 45.2 Å². The van der Waals surface area contributed by atoms with Gasteiger partial charge in [-0.2, -0.15) is 0 Å². The van der Waals surface area contributed by atoms with Crippen LogP contribution in [0.4, 0.5) is 0 Å². The lowest BCUT2D eigenvalue weighted by atomic mass is 9.66. The lowest BCUT2D eigenvalue weighted by molar-refractivity contribution is -0.0371. The first kappa shape index (κ1) is 16.2. The van der Waals surface area contributed by atoms with Crippen molar-refractivity contribution >= 4 is 10.9 Å². The largest absolute Gasteiger partial charge is 0.396 e. The van der Waals surface area contributed by atoms with Crippen molar-refractivity contribution in [2.24, 2.45) is 24.8 Å². The minimum absolute atomic E-state index is 0.316. The lowest BCUT2D eigenvalue weighted by Crippen LogP contribution is -2.55. The zero-order valence-corrected chi connectivity index (χ0v) is 15.4. The molecule has 3 heterocycles. The van der Waals surface area contributed by atoms with Gasteiger partial charge in [-0.15, -0.1) is 0 Å². The van der Waals surface area contributed by atoms with Gasteiger partial charge in [0, 0.05) is 42.2 Å². The number of nitrogens with zero attached hydrogens (tertiary/aromatic N) is 2. The molecule has 1 aromatic heterocycles. The number of para-hydroxylation sites is 1. The van der Waals surface area contributed by atoms with E-state index in [-0.39, 0.29) is 0 Å². The van der Waals surface area contributed by atoms with Gasteiger partial charge < -0.3 is 9.67 Å². The van der Waals surface area contributed by atoms with Crippen molar-refractivity contribution < 1.29 is 5.11 Å². The third kappa shape index (κ3) is 2.11. The fourth-order valence-corrected chi connectivity index (χ4v) is 5.57. The molecule has 2 aliphatic rings. The zero-order chi connectivity index (χ0) is 17.0. The van der Waals surface area contributed by atoms with Crippen molar-refractivity contribution in [3.05, 3.63) is 35.5 Å². The number of fused-ring (bicyclic) bond motifs is 6. The molecule has 1 N–H and O–H groups in total. The number of hydrogen-bond donors (Lipinski definition) is 1. The van der Waals surface area contributed by atoms with E-state index in [0.29, 0.717) is 36.4 Å². The molecule has 4 rings (SSSR count). The Bertz CT molecular complexity index is 750. The summed E-state index contributed by atoms with van der Waals surface area (Å²) in [5.41, 5.74) is 4.39. The smallest absolute Gasteiger partial charge is 0.0506 e. The molecule has 2 aliphatic heterocycles. The quantitative estimate of drug-likeness (QED) is 0.930. The first-order valence-electron chi connectivity index (χ1n) is 9.47. The molecular formula is C21H30N2O. The number of rotatable bonds is 3. The topological polar surface area (TPSA) is 28.4 Å². The van der Waals surface area contributed by atoms with Crippen LogP contribution < -0.4 is 0 Å². The Kier molecular flexibility index (Phi) is 3.97. The van der Waals surface area contributed by atoms with Gasteiger partial charge in [-0.25, -0.2) is 0 Å². The van der Waals surface area contributed by atoms with Crippen LogP contribution in [0.5, 0.6) is 0 Å². The lowest BCUT2D eigenvalue weighted by Gasteiger charge is -2.53. The maximum atomic E-state index is 10.2. The molecule has 0 aliphatic carbocycles. The number of aromatic nitrogens is 1. The molecular weight excluding hydrogens is 296 g/mol. The fraction of sp³-hybridized carbons (Fsp3) is 0.619. The Labute approximate surface area is 145 Å². The number of aliphatic hydroxyl groups is 1. The van der Waals surface area contributed by atoms with E-state index in [1.807, 2.05) is 0 Å². The van der Waals surface area contributed by atoms with Gasteiger partial charge in [0.1, 0.15) is 0 Å². The molecule has 5 atom stereocenters. The number of likely N-dealkylation sites (N-methyl/N-ethyl adjacent to an activating group) is 1. The second-order valence-electron chi connectivity index (χ2n) is 8.02. The van der Waals surface area contributed by atoms with Gasteiger partial charge in [0.2, 0.25) is 0 Å². The number of hydrogen-bond acceptors (Lipinski definition) is 2. The van der Waals surface area contributed by atoms with Crippen molar-refractivity contribution in [2.75, 3.05) is 13.7 Å². The van der Waals surface area contributed by atoms with E-state index in [1.165, 1.54) is 35.0 Å². The second-order valence-corrected chi connectivity index (χ2v) is 8.02. The van der Waals surface area contributed by atoms with Gasteiger partial charge in [-0.1, -0.05) is 38.5 Å². The summed E-state index contributed by atoms with van der Waals surface area (Å²) in [5.74, 6) is 1.70. The minimum Gasteiger partial charge on any atom is -0.396 e. The average Bonchev–Trinajstić information content (AvgIpc) is 2.87. The van der Waals surface area contributed by atoms with Crippen LogP contribution in [0.2, 0.25) is 0 Å². The number of piperidine rings is 1. The van der Waals surface area contributed by atoms with Crippen molar-refractivity contribution in [1.29, 1.82) is 0 Å². The molecule has 1 saturated heterocycles. The molecule has 0 amide bonds. The van der Waals surface area contributed by atoms with Gasteiger partial charge in [0.05, 0.1) is 6.04 Å². The highest BCUT2D eigenvalue weighted by atomic mass is 16.3. The van der Waals surface area contributed by atoms with E-state index in [1.54, 1.807) is 0 Å². The first-order valence-corrected chi connectivity index (χ1v) is 9.47. The SMILES string of the molecule is CC[C@H](C)[C@@H]1C[C@H]2c3c(c4ccccc4n3C)C[C@@H]([C@H]1CO)N2C. The van der Waals surface area contributed by atoms with Gasteiger partial charge in [0.15, 0.2) is 0 Å². The minimum atomic E-state index is 0.316. The van der Waals surface area contributed by atoms with Crippen LogP contribution in [0.25, 0.3) is 10.9 Å². The van der Waals surface area contributed by atoms with Crippen LogP contribution in [0.1, 0.15) is 44.0 Å². The maximum absolute atomic E-state index is 10.2. The molecule has 0 saturated carbocycles. The van der Waals surface area contributed by atoms with Gasteiger partial charge in [-0.05, 0) is 43.4 Å². The Hall–Kier alpha value is -1.32. The molecule has 3 heteroatoms. The third-order valence-electron chi connectivity index (χ3n) is 7.13. The summed E-state index contributed by atoms with van der Waals surface area (Å²) in [6, 6.07) is 9.76. The Morgan fingerprint density at radius 2 is 2.00 bits per heavy atom. The van der Waals surface area contributed by atoms with Crippen LogP contribution in [-0.4, -0.2) is 34.3 Å². The van der Waals surface area contributed by atoms with Crippen LogP contribution in [0.15, 0.2) is 24.3 Å². The number of aryl methyl sites for hydroxylation is 1. The Balaban J connectivity index is 1.86. The maximum Gasteiger partial charge on any atom is 0.0506 e. The molecule has 0 spiro atoms. The number of benzene rings is 1.